The van der Waals surface area contributed by atoms with Gasteiger partial charge in [0.15, 0.2) is 0 Å². The molecule has 1 aromatic heterocycles. The first-order valence-corrected chi connectivity index (χ1v) is 7.93. The van der Waals surface area contributed by atoms with E-state index in [9.17, 15) is 22.8 Å². The molecule has 0 radical (unpaired) electrons. The Balaban J connectivity index is 1.62. The number of nitrogens with one attached hydrogen (secondary N) is 1. The Labute approximate surface area is 144 Å². The van der Waals surface area contributed by atoms with Crippen LogP contribution >= 0.6 is 0 Å². The molecule has 0 aliphatic carbocycles. The number of rotatable bonds is 1. The van der Waals surface area contributed by atoms with Gasteiger partial charge < -0.3 is 14.9 Å². The molecule has 0 saturated carbocycles. The van der Waals surface area contributed by atoms with Gasteiger partial charge in [-0.3, -0.25) is 4.79 Å². The van der Waals surface area contributed by atoms with Gasteiger partial charge in [-0.15, -0.1) is 0 Å². The quantitative estimate of drug-likeness (QED) is 0.796. The highest BCUT2D eigenvalue weighted by atomic mass is 19.4. The third-order valence-electron chi connectivity index (χ3n) is 5.04. The average Bonchev–Trinajstić information content (AvgIpc) is 3.25. The Hall–Kier alpha value is -2.85. The van der Waals surface area contributed by atoms with Crippen LogP contribution in [0.3, 0.4) is 0 Å². The van der Waals surface area contributed by atoms with Crippen LogP contribution in [0.1, 0.15) is 15.9 Å². The highest BCUT2D eigenvalue weighted by molar-refractivity contribution is 5.99. The van der Waals surface area contributed by atoms with E-state index in [1.807, 2.05) is 0 Å². The number of benzene rings is 1. The molecular formula is C15H14F3N5O3. The summed E-state index contributed by atoms with van der Waals surface area (Å²) in [5.41, 5.74) is -1.30. The van der Waals surface area contributed by atoms with Crippen LogP contribution in [0.5, 0.6) is 0 Å². The number of aromatic nitrogens is 3. The third-order valence-corrected chi connectivity index (χ3v) is 5.04. The van der Waals surface area contributed by atoms with Crippen LogP contribution in [0.15, 0.2) is 12.1 Å². The Morgan fingerprint density at radius 3 is 2.12 bits per heavy atom. The van der Waals surface area contributed by atoms with Crippen LogP contribution < -0.4 is 0 Å². The molecule has 2 N–H and O–H groups in total. The van der Waals surface area contributed by atoms with E-state index in [2.05, 4.69) is 15.4 Å². The van der Waals surface area contributed by atoms with Gasteiger partial charge >= 0.3 is 12.3 Å². The number of carboxylic acid groups (broad SMARTS) is 1. The van der Waals surface area contributed by atoms with E-state index in [-0.39, 0.29) is 49.0 Å². The number of fused-ring (bicyclic) bond motifs is 2. The molecule has 3 heterocycles. The standard InChI is InChI=1S/C15H14F3N5O3/c16-15(17,18)10-2-12-11(19-21-20-12)1-9(10)13(24)22-3-7-5-23(14(25)26)6-8(7)4-22/h1-2,7-8H,3-6H2,(H,25,26)(H,19,20,21)/t7-,8-/m0/s1. The minimum Gasteiger partial charge on any atom is -0.465 e. The molecule has 2 saturated heterocycles. The summed E-state index contributed by atoms with van der Waals surface area (Å²) in [6.07, 6.45) is -5.72. The van der Waals surface area contributed by atoms with E-state index in [0.717, 1.165) is 12.1 Å². The smallest absolute Gasteiger partial charge is 0.417 e. The lowest BCUT2D eigenvalue weighted by Gasteiger charge is -2.22. The summed E-state index contributed by atoms with van der Waals surface area (Å²) in [6, 6.07) is 1.91. The van der Waals surface area contributed by atoms with Gasteiger partial charge in [-0.05, 0) is 12.1 Å². The molecule has 2 atom stereocenters. The summed E-state index contributed by atoms with van der Waals surface area (Å²) in [4.78, 5) is 26.4. The summed E-state index contributed by atoms with van der Waals surface area (Å²) in [5, 5.41) is 18.7. The number of nitrogens with zero attached hydrogens (tertiary/aromatic N) is 4. The lowest BCUT2D eigenvalue weighted by atomic mass is 10.0. The maximum atomic E-state index is 13.4. The van der Waals surface area contributed by atoms with Gasteiger partial charge in [0.05, 0.1) is 11.1 Å². The molecule has 2 aliphatic rings. The molecule has 11 heteroatoms. The average molecular weight is 369 g/mol. The van der Waals surface area contributed by atoms with Crippen molar-refractivity contribution >= 4 is 23.0 Å². The number of aromatic amines is 1. The molecule has 2 amide bonds. The Morgan fingerprint density at radius 2 is 1.58 bits per heavy atom. The molecular weight excluding hydrogens is 355 g/mol. The number of H-pyrrole nitrogens is 1. The van der Waals surface area contributed by atoms with Crippen LogP contribution in [-0.2, 0) is 6.18 Å². The number of alkyl halides is 3. The van der Waals surface area contributed by atoms with E-state index < -0.39 is 29.3 Å². The lowest BCUT2D eigenvalue weighted by Crippen LogP contribution is -2.35. The van der Waals surface area contributed by atoms with Gasteiger partial charge in [0.25, 0.3) is 5.91 Å². The van der Waals surface area contributed by atoms with Gasteiger partial charge in [-0.2, -0.15) is 28.6 Å². The van der Waals surface area contributed by atoms with Gasteiger partial charge in [0, 0.05) is 38.0 Å². The maximum Gasteiger partial charge on any atom is 0.417 e. The fourth-order valence-electron chi connectivity index (χ4n) is 3.79. The molecule has 2 aliphatic heterocycles. The van der Waals surface area contributed by atoms with Crippen molar-refractivity contribution in [2.24, 2.45) is 11.8 Å². The van der Waals surface area contributed by atoms with E-state index in [1.165, 1.54) is 9.80 Å². The Bertz CT molecular complexity index is 882. The Morgan fingerprint density at radius 1 is 1.04 bits per heavy atom. The molecule has 0 bridgehead atoms. The van der Waals surface area contributed by atoms with Crippen molar-refractivity contribution < 1.29 is 27.9 Å². The minimum atomic E-state index is -4.70. The number of carbonyl (C=O) groups excluding carboxylic acids is 1. The number of halogens is 3. The molecule has 26 heavy (non-hydrogen) atoms. The second-order valence-corrected chi connectivity index (χ2v) is 6.63. The lowest BCUT2D eigenvalue weighted by molar-refractivity contribution is -0.137. The van der Waals surface area contributed by atoms with Gasteiger partial charge in [-0.1, -0.05) is 0 Å². The number of carbonyl (C=O) groups is 2. The summed E-state index contributed by atoms with van der Waals surface area (Å²) in [6.45, 7) is 1.05. The van der Waals surface area contributed by atoms with E-state index in [0.29, 0.717) is 0 Å². The molecule has 0 unspecified atom stereocenters. The molecule has 138 valence electrons. The van der Waals surface area contributed by atoms with Crippen molar-refractivity contribution in [2.75, 3.05) is 26.2 Å². The zero-order valence-electron chi connectivity index (χ0n) is 13.3. The Kier molecular flexibility index (Phi) is 3.56. The molecule has 8 nitrogen and oxygen atoms in total. The predicted octanol–water partition coefficient (Wildman–Crippen LogP) is 1.66. The predicted molar refractivity (Wildman–Crippen MR) is 81.4 cm³/mol. The summed E-state index contributed by atoms with van der Waals surface area (Å²) in [5.74, 6) is -0.834. The van der Waals surface area contributed by atoms with Crippen LogP contribution in [0.2, 0.25) is 0 Å². The SMILES string of the molecule is O=C(O)N1C[C@@H]2CN(C(=O)c3cc4n[nH]nc4cc3C(F)(F)F)C[C@H]2C1. The van der Waals surface area contributed by atoms with Crippen molar-refractivity contribution in [3.8, 4) is 0 Å². The van der Waals surface area contributed by atoms with Gasteiger partial charge in [0.2, 0.25) is 0 Å². The van der Waals surface area contributed by atoms with Crippen LogP contribution in [-0.4, -0.2) is 68.5 Å². The number of hydrogen-bond acceptors (Lipinski definition) is 4. The zero-order valence-corrected chi connectivity index (χ0v) is 13.3. The fourth-order valence-corrected chi connectivity index (χ4v) is 3.79. The van der Waals surface area contributed by atoms with Crippen molar-refractivity contribution in [2.45, 2.75) is 6.18 Å². The second kappa shape index (κ2) is 5.58. The van der Waals surface area contributed by atoms with Crippen molar-refractivity contribution in [1.82, 2.24) is 25.2 Å². The summed E-state index contributed by atoms with van der Waals surface area (Å²) < 4.78 is 40.2. The van der Waals surface area contributed by atoms with Crippen LogP contribution in [0.4, 0.5) is 18.0 Å². The fraction of sp³-hybridized carbons (Fsp3) is 0.467. The normalized spacial score (nSPS) is 22.9. The number of hydrogen-bond donors (Lipinski definition) is 2. The molecule has 2 aromatic rings. The molecule has 4 rings (SSSR count). The van der Waals surface area contributed by atoms with E-state index >= 15 is 0 Å². The zero-order chi connectivity index (χ0) is 18.6. The van der Waals surface area contributed by atoms with Gasteiger partial charge in [0.1, 0.15) is 11.0 Å². The molecule has 2 fully saturated rings. The summed E-state index contributed by atoms with van der Waals surface area (Å²) in [7, 11) is 0. The first-order valence-electron chi connectivity index (χ1n) is 7.93. The highest BCUT2D eigenvalue weighted by Crippen LogP contribution is 2.37. The summed E-state index contributed by atoms with van der Waals surface area (Å²) >= 11 is 0. The third kappa shape index (κ3) is 2.63. The van der Waals surface area contributed by atoms with Crippen molar-refractivity contribution in [3.05, 3.63) is 23.3 Å². The van der Waals surface area contributed by atoms with Crippen molar-refractivity contribution in [3.63, 3.8) is 0 Å². The minimum absolute atomic E-state index is 0.0317. The van der Waals surface area contributed by atoms with Crippen LogP contribution in [0.25, 0.3) is 11.0 Å². The van der Waals surface area contributed by atoms with Crippen LogP contribution in [0, 0.1) is 11.8 Å². The number of likely N-dealkylation sites (tertiary alicyclic amines) is 2. The highest BCUT2D eigenvalue weighted by Gasteiger charge is 2.45. The topological polar surface area (TPSA) is 102 Å². The van der Waals surface area contributed by atoms with Gasteiger partial charge in [-0.25, -0.2) is 4.79 Å². The van der Waals surface area contributed by atoms with E-state index in [1.54, 1.807) is 0 Å². The molecule has 1 aromatic carbocycles. The second-order valence-electron chi connectivity index (χ2n) is 6.63. The first kappa shape index (κ1) is 16.6. The molecule has 0 spiro atoms. The maximum absolute atomic E-state index is 13.4. The first-order chi connectivity index (χ1) is 12.2. The van der Waals surface area contributed by atoms with Crippen molar-refractivity contribution in [1.29, 1.82) is 0 Å². The monoisotopic (exact) mass is 369 g/mol. The number of amides is 2. The largest absolute Gasteiger partial charge is 0.465 e. The van der Waals surface area contributed by atoms with E-state index in [4.69, 9.17) is 5.11 Å².